The van der Waals surface area contributed by atoms with Crippen molar-refractivity contribution in [3.8, 4) is 0 Å². The second-order valence-corrected chi connectivity index (χ2v) is 8.18. The molecule has 136 valence electrons. The number of hydrogen-bond donors (Lipinski definition) is 2. The number of nitrogens with one attached hydrogen (secondary N) is 1. The van der Waals surface area contributed by atoms with Crippen LogP contribution in [0, 0.1) is 17.8 Å². The first-order valence-corrected chi connectivity index (χ1v) is 9.36. The van der Waals surface area contributed by atoms with Crippen LogP contribution in [0.3, 0.4) is 0 Å². The normalized spacial score (nSPS) is 30.1. The summed E-state index contributed by atoms with van der Waals surface area (Å²) in [5.41, 5.74) is 2.35. The van der Waals surface area contributed by atoms with Gasteiger partial charge in [0.05, 0.1) is 17.8 Å². The molecule has 4 atom stereocenters. The van der Waals surface area contributed by atoms with Crippen LogP contribution in [0.15, 0.2) is 18.7 Å². The summed E-state index contributed by atoms with van der Waals surface area (Å²) >= 11 is 0. The van der Waals surface area contributed by atoms with E-state index in [1.54, 1.807) is 12.7 Å². The molecule has 0 radical (unpaired) electrons. The van der Waals surface area contributed by atoms with Crippen molar-refractivity contribution < 1.29 is 5.11 Å². The summed E-state index contributed by atoms with van der Waals surface area (Å²) < 4.78 is 1.83. The summed E-state index contributed by atoms with van der Waals surface area (Å²) in [7, 11) is 0. The Kier molecular flexibility index (Phi) is 4.60. The third kappa shape index (κ3) is 3.62. The number of aromatic amines is 1. The number of likely N-dealkylation sites (tertiary alicyclic amines) is 1. The smallest absolute Gasteiger partial charge is 0.137 e. The van der Waals surface area contributed by atoms with Crippen molar-refractivity contribution in [1.82, 2.24) is 29.9 Å². The van der Waals surface area contributed by atoms with E-state index in [9.17, 15) is 5.11 Å². The molecule has 0 unspecified atom stereocenters. The fourth-order valence-electron chi connectivity index (χ4n) is 4.56. The number of aliphatic hydroxyl groups excluding tert-OH is 1. The summed E-state index contributed by atoms with van der Waals surface area (Å²) in [6.45, 7) is 7.50. The van der Waals surface area contributed by atoms with Gasteiger partial charge in [-0.15, -0.1) is 0 Å². The van der Waals surface area contributed by atoms with Crippen molar-refractivity contribution in [3.05, 3.63) is 30.1 Å². The number of aromatic nitrogens is 5. The average Bonchev–Trinajstić information content (AvgIpc) is 3.27. The minimum absolute atomic E-state index is 0.0634. The largest absolute Gasteiger partial charge is 0.391 e. The molecule has 0 spiro atoms. The zero-order chi connectivity index (χ0) is 17.4. The average molecular weight is 344 g/mol. The molecule has 7 heteroatoms. The van der Waals surface area contributed by atoms with Crippen LogP contribution in [0.2, 0.25) is 0 Å². The molecule has 2 aromatic rings. The van der Waals surface area contributed by atoms with E-state index in [0.29, 0.717) is 17.8 Å². The Bertz CT molecular complexity index is 682. The molecule has 1 saturated carbocycles. The van der Waals surface area contributed by atoms with Gasteiger partial charge in [0.25, 0.3) is 0 Å². The highest BCUT2D eigenvalue weighted by molar-refractivity contribution is 5.10. The van der Waals surface area contributed by atoms with Gasteiger partial charge in [0.2, 0.25) is 0 Å². The maximum absolute atomic E-state index is 10.5. The van der Waals surface area contributed by atoms with Crippen LogP contribution in [-0.4, -0.2) is 54.2 Å². The van der Waals surface area contributed by atoms with Gasteiger partial charge in [-0.25, -0.2) is 9.67 Å². The zero-order valence-electron chi connectivity index (χ0n) is 15.0. The Hall–Kier alpha value is -1.73. The second-order valence-electron chi connectivity index (χ2n) is 8.18. The Morgan fingerprint density at radius 3 is 2.80 bits per heavy atom. The summed E-state index contributed by atoms with van der Waals surface area (Å²) in [5, 5.41) is 22.4. The highest BCUT2D eigenvalue weighted by atomic mass is 16.3. The number of rotatable bonds is 5. The molecule has 1 saturated heterocycles. The van der Waals surface area contributed by atoms with E-state index >= 15 is 0 Å². The molecule has 4 rings (SSSR count). The van der Waals surface area contributed by atoms with Crippen LogP contribution in [0.4, 0.5) is 0 Å². The fraction of sp³-hybridized carbons (Fsp3) is 0.722. The molecule has 1 aliphatic carbocycles. The topological polar surface area (TPSA) is 82.9 Å². The van der Waals surface area contributed by atoms with Crippen molar-refractivity contribution in [3.63, 3.8) is 0 Å². The first kappa shape index (κ1) is 16.7. The Morgan fingerprint density at radius 1 is 1.28 bits per heavy atom. The highest BCUT2D eigenvalue weighted by Crippen LogP contribution is 2.41. The van der Waals surface area contributed by atoms with E-state index in [0.717, 1.165) is 44.6 Å². The van der Waals surface area contributed by atoms with Crippen molar-refractivity contribution in [1.29, 1.82) is 0 Å². The molecule has 2 aliphatic rings. The van der Waals surface area contributed by atoms with E-state index in [2.05, 4.69) is 45.1 Å². The van der Waals surface area contributed by atoms with Crippen LogP contribution in [0.25, 0.3) is 0 Å². The lowest BCUT2D eigenvalue weighted by atomic mass is 9.77. The van der Waals surface area contributed by atoms with Gasteiger partial charge >= 0.3 is 0 Å². The van der Waals surface area contributed by atoms with E-state index in [1.807, 2.05) is 4.68 Å². The van der Waals surface area contributed by atoms with Gasteiger partial charge in [-0.3, -0.25) is 10.00 Å². The van der Waals surface area contributed by atoms with Crippen LogP contribution >= 0.6 is 0 Å². The molecule has 3 heterocycles. The van der Waals surface area contributed by atoms with Gasteiger partial charge in [-0.2, -0.15) is 10.2 Å². The van der Waals surface area contributed by atoms with E-state index in [1.165, 1.54) is 5.69 Å². The first-order valence-electron chi connectivity index (χ1n) is 9.36. The third-order valence-corrected chi connectivity index (χ3v) is 5.66. The molecule has 2 fully saturated rings. The molecule has 1 aliphatic heterocycles. The lowest BCUT2D eigenvalue weighted by Crippen LogP contribution is -2.36. The maximum Gasteiger partial charge on any atom is 0.137 e. The number of hydrogen-bond acceptors (Lipinski definition) is 5. The van der Waals surface area contributed by atoms with E-state index < -0.39 is 0 Å². The maximum atomic E-state index is 10.5. The second kappa shape index (κ2) is 6.88. The fourth-order valence-corrected chi connectivity index (χ4v) is 4.56. The van der Waals surface area contributed by atoms with Gasteiger partial charge in [0.15, 0.2) is 0 Å². The van der Waals surface area contributed by atoms with Crippen molar-refractivity contribution in [2.24, 2.45) is 17.8 Å². The van der Waals surface area contributed by atoms with Gasteiger partial charge < -0.3 is 5.11 Å². The summed E-state index contributed by atoms with van der Waals surface area (Å²) in [6.07, 6.45) is 5.80. The van der Waals surface area contributed by atoms with Crippen molar-refractivity contribution >= 4 is 0 Å². The predicted molar refractivity (Wildman–Crippen MR) is 93.7 cm³/mol. The van der Waals surface area contributed by atoms with Gasteiger partial charge in [0.1, 0.15) is 12.7 Å². The van der Waals surface area contributed by atoms with Gasteiger partial charge in [-0.1, -0.05) is 13.8 Å². The van der Waals surface area contributed by atoms with Crippen LogP contribution in [-0.2, 0) is 13.0 Å². The zero-order valence-corrected chi connectivity index (χ0v) is 15.0. The van der Waals surface area contributed by atoms with Crippen LogP contribution < -0.4 is 0 Å². The number of H-pyrrole nitrogens is 1. The molecular weight excluding hydrogens is 316 g/mol. The standard InChI is InChI=1S/C18H28N6O/c1-12(2)3-15-6-16(22-21-15)9-23-7-13-4-17(24-11-19-10-20-24)18(25)5-14(13)8-23/h6,10-14,17-18,25H,3-5,7-9H2,1-2H3,(H,21,22)/t13-,14+,17-,18-/m1/s1. The molecule has 0 amide bonds. The molecule has 2 aromatic heterocycles. The summed E-state index contributed by atoms with van der Waals surface area (Å²) in [6, 6.07) is 2.27. The Balaban J connectivity index is 1.37. The molecule has 25 heavy (non-hydrogen) atoms. The molecule has 7 nitrogen and oxygen atoms in total. The van der Waals surface area contributed by atoms with Crippen LogP contribution in [0.1, 0.15) is 44.1 Å². The Morgan fingerprint density at radius 2 is 2.08 bits per heavy atom. The molecule has 0 aromatic carbocycles. The van der Waals surface area contributed by atoms with Crippen molar-refractivity contribution in [2.75, 3.05) is 13.1 Å². The van der Waals surface area contributed by atoms with Crippen molar-refractivity contribution in [2.45, 2.75) is 51.8 Å². The quantitative estimate of drug-likeness (QED) is 0.862. The lowest BCUT2D eigenvalue weighted by molar-refractivity contribution is 0.0304. The minimum atomic E-state index is -0.326. The number of fused-ring (bicyclic) bond motifs is 1. The molecule has 0 bridgehead atoms. The summed E-state index contributed by atoms with van der Waals surface area (Å²) in [4.78, 5) is 6.53. The Labute approximate surface area is 148 Å². The van der Waals surface area contributed by atoms with E-state index in [4.69, 9.17) is 0 Å². The summed E-state index contributed by atoms with van der Waals surface area (Å²) in [5.74, 6) is 1.82. The SMILES string of the molecule is CC(C)Cc1cc(CN2C[C@H]3C[C@@H](n4cncn4)[C@H](O)C[C@H]3C2)[nH]n1. The lowest BCUT2D eigenvalue weighted by Gasteiger charge is -2.35. The first-order chi connectivity index (χ1) is 12.1. The highest BCUT2D eigenvalue weighted by Gasteiger charge is 2.42. The van der Waals surface area contributed by atoms with Crippen LogP contribution in [0.5, 0.6) is 0 Å². The third-order valence-electron chi connectivity index (χ3n) is 5.66. The van der Waals surface area contributed by atoms with Gasteiger partial charge in [0, 0.05) is 25.3 Å². The monoisotopic (exact) mass is 344 g/mol. The predicted octanol–water partition coefficient (Wildman–Crippen LogP) is 1.64. The number of aliphatic hydroxyl groups is 1. The van der Waals surface area contributed by atoms with Gasteiger partial charge in [-0.05, 0) is 43.1 Å². The van der Waals surface area contributed by atoms with E-state index in [-0.39, 0.29) is 12.1 Å². The molecule has 2 N–H and O–H groups in total. The minimum Gasteiger partial charge on any atom is -0.391 e. The number of nitrogens with zero attached hydrogens (tertiary/aromatic N) is 5. The molecular formula is C18H28N6O.